The normalized spacial score (nSPS) is 21.2. The van der Waals surface area contributed by atoms with Crippen molar-refractivity contribution in [1.29, 1.82) is 0 Å². The molecule has 1 rings (SSSR count). The lowest BCUT2D eigenvalue weighted by atomic mass is 10.2. The van der Waals surface area contributed by atoms with Crippen molar-refractivity contribution in [3.05, 3.63) is 0 Å². The topological polar surface area (TPSA) is 50.8 Å². The van der Waals surface area contributed by atoms with Crippen LogP contribution in [0.5, 0.6) is 0 Å². The smallest absolute Gasteiger partial charge is 0.307 e. The number of nitrogens with one attached hydrogen (secondary N) is 1. The number of esters is 1. The summed E-state index contributed by atoms with van der Waals surface area (Å²) in [5, 5.41) is 3.25. The Bertz CT molecular complexity index is 246. The van der Waals surface area contributed by atoms with Gasteiger partial charge in [-0.1, -0.05) is 0 Å². The molecule has 0 aromatic rings. The molecule has 1 unspecified atom stereocenters. The van der Waals surface area contributed by atoms with Gasteiger partial charge in [0.2, 0.25) is 0 Å². The zero-order valence-corrected chi connectivity index (χ0v) is 11.8. The molecular formula is C13H26N2O3. The SMILES string of the molecule is CCOC(=O)CCNCC1CN(C(C)C)CCO1. The molecule has 0 aromatic heterocycles. The number of carbonyl (C=O) groups excluding carboxylic acids is 1. The summed E-state index contributed by atoms with van der Waals surface area (Å²) in [6, 6.07) is 0.566. The van der Waals surface area contributed by atoms with Gasteiger partial charge in [-0.25, -0.2) is 0 Å². The molecule has 0 radical (unpaired) electrons. The molecule has 1 N–H and O–H groups in total. The van der Waals surface area contributed by atoms with Crippen LogP contribution in [-0.4, -0.2) is 62.4 Å². The monoisotopic (exact) mass is 258 g/mol. The summed E-state index contributed by atoms with van der Waals surface area (Å²) >= 11 is 0. The molecule has 5 heteroatoms. The summed E-state index contributed by atoms with van der Waals surface area (Å²) in [6.07, 6.45) is 0.650. The van der Waals surface area contributed by atoms with Gasteiger partial charge in [-0.2, -0.15) is 0 Å². The highest BCUT2D eigenvalue weighted by atomic mass is 16.5. The number of morpholine rings is 1. The molecule has 5 nitrogen and oxygen atoms in total. The van der Waals surface area contributed by atoms with Crippen molar-refractivity contribution in [2.24, 2.45) is 0 Å². The van der Waals surface area contributed by atoms with Gasteiger partial charge in [0.15, 0.2) is 0 Å². The minimum atomic E-state index is -0.140. The number of nitrogens with zero attached hydrogens (tertiary/aromatic N) is 1. The molecule has 1 saturated heterocycles. The van der Waals surface area contributed by atoms with Crippen LogP contribution in [-0.2, 0) is 14.3 Å². The molecule has 1 aliphatic heterocycles. The van der Waals surface area contributed by atoms with Crippen LogP contribution < -0.4 is 5.32 Å². The lowest BCUT2D eigenvalue weighted by molar-refractivity contribution is -0.143. The van der Waals surface area contributed by atoms with E-state index in [1.807, 2.05) is 6.92 Å². The third-order valence-corrected chi connectivity index (χ3v) is 3.08. The Labute approximate surface area is 110 Å². The predicted molar refractivity (Wildman–Crippen MR) is 70.6 cm³/mol. The van der Waals surface area contributed by atoms with E-state index in [1.165, 1.54) is 0 Å². The van der Waals surface area contributed by atoms with E-state index in [9.17, 15) is 4.79 Å². The number of rotatable bonds is 7. The molecule has 0 saturated carbocycles. The fourth-order valence-electron chi connectivity index (χ4n) is 2.02. The van der Waals surface area contributed by atoms with Crippen molar-refractivity contribution in [2.45, 2.75) is 39.3 Å². The number of ether oxygens (including phenoxy) is 2. The van der Waals surface area contributed by atoms with Crippen LogP contribution in [0, 0.1) is 0 Å². The van der Waals surface area contributed by atoms with Gasteiger partial charge in [0.05, 0.1) is 25.7 Å². The Morgan fingerprint density at radius 3 is 3.00 bits per heavy atom. The molecule has 1 aliphatic rings. The maximum absolute atomic E-state index is 11.1. The van der Waals surface area contributed by atoms with E-state index in [4.69, 9.17) is 9.47 Å². The molecule has 18 heavy (non-hydrogen) atoms. The van der Waals surface area contributed by atoms with Gasteiger partial charge in [-0.05, 0) is 20.8 Å². The minimum absolute atomic E-state index is 0.140. The van der Waals surface area contributed by atoms with Crippen LogP contribution in [0.15, 0.2) is 0 Å². The highest BCUT2D eigenvalue weighted by molar-refractivity contribution is 5.69. The van der Waals surface area contributed by atoms with Crippen molar-refractivity contribution in [3.63, 3.8) is 0 Å². The van der Waals surface area contributed by atoms with Crippen LogP contribution in [0.4, 0.5) is 0 Å². The van der Waals surface area contributed by atoms with Crippen LogP contribution in [0.25, 0.3) is 0 Å². The first-order chi connectivity index (χ1) is 8.63. The second kappa shape index (κ2) is 8.45. The van der Waals surface area contributed by atoms with Gasteiger partial charge in [0.25, 0.3) is 0 Å². The second-order valence-corrected chi connectivity index (χ2v) is 4.84. The fourth-order valence-corrected chi connectivity index (χ4v) is 2.02. The van der Waals surface area contributed by atoms with Crippen molar-refractivity contribution < 1.29 is 14.3 Å². The maximum Gasteiger partial charge on any atom is 0.307 e. The average Bonchev–Trinajstić information content (AvgIpc) is 2.35. The van der Waals surface area contributed by atoms with Crippen molar-refractivity contribution in [3.8, 4) is 0 Å². The average molecular weight is 258 g/mol. The lowest BCUT2D eigenvalue weighted by Crippen LogP contribution is -2.49. The van der Waals surface area contributed by atoms with Gasteiger partial charge in [0.1, 0.15) is 0 Å². The first-order valence-corrected chi connectivity index (χ1v) is 6.85. The summed E-state index contributed by atoms with van der Waals surface area (Å²) in [7, 11) is 0. The molecule has 1 fully saturated rings. The standard InChI is InChI=1S/C13H26N2O3/c1-4-17-13(16)5-6-14-9-12-10-15(11(2)3)7-8-18-12/h11-12,14H,4-10H2,1-3H3. The summed E-state index contributed by atoms with van der Waals surface area (Å²) in [6.45, 7) is 10.9. The van der Waals surface area contributed by atoms with Gasteiger partial charge in [0, 0.05) is 32.2 Å². The van der Waals surface area contributed by atoms with Gasteiger partial charge >= 0.3 is 5.97 Å². The maximum atomic E-state index is 11.1. The highest BCUT2D eigenvalue weighted by Gasteiger charge is 2.21. The zero-order chi connectivity index (χ0) is 13.4. The van der Waals surface area contributed by atoms with E-state index in [1.54, 1.807) is 0 Å². The van der Waals surface area contributed by atoms with Gasteiger partial charge in [-0.15, -0.1) is 0 Å². The van der Waals surface area contributed by atoms with Gasteiger partial charge < -0.3 is 14.8 Å². The van der Waals surface area contributed by atoms with E-state index in [-0.39, 0.29) is 12.1 Å². The summed E-state index contributed by atoms with van der Waals surface area (Å²) < 4.78 is 10.6. The third kappa shape index (κ3) is 5.80. The minimum Gasteiger partial charge on any atom is -0.466 e. The van der Waals surface area contributed by atoms with Gasteiger partial charge in [-0.3, -0.25) is 9.69 Å². The van der Waals surface area contributed by atoms with Crippen LogP contribution in [0.1, 0.15) is 27.2 Å². The fraction of sp³-hybridized carbons (Fsp3) is 0.923. The Hall–Kier alpha value is -0.650. The molecule has 0 aromatic carbocycles. The first-order valence-electron chi connectivity index (χ1n) is 6.85. The highest BCUT2D eigenvalue weighted by Crippen LogP contribution is 2.07. The van der Waals surface area contributed by atoms with E-state index < -0.39 is 0 Å². The molecule has 0 amide bonds. The Balaban J connectivity index is 2.10. The van der Waals surface area contributed by atoms with Crippen LogP contribution in [0.2, 0.25) is 0 Å². The summed E-state index contributed by atoms with van der Waals surface area (Å²) in [5.74, 6) is -0.140. The zero-order valence-electron chi connectivity index (χ0n) is 11.8. The van der Waals surface area contributed by atoms with Crippen LogP contribution in [0.3, 0.4) is 0 Å². The third-order valence-electron chi connectivity index (χ3n) is 3.08. The van der Waals surface area contributed by atoms with E-state index in [0.717, 1.165) is 26.2 Å². The Morgan fingerprint density at radius 1 is 1.56 bits per heavy atom. The molecule has 0 spiro atoms. The Morgan fingerprint density at radius 2 is 2.33 bits per heavy atom. The largest absolute Gasteiger partial charge is 0.466 e. The first kappa shape index (κ1) is 15.4. The predicted octanol–water partition coefficient (Wildman–Crippen LogP) is 0.638. The quantitative estimate of drug-likeness (QED) is 0.536. The number of carbonyl (C=O) groups is 1. The summed E-state index contributed by atoms with van der Waals surface area (Å²) in [5.41, 5.74) is 0. The Kier molecular flexibility index (Phi) is 7.23. The van der Waals surface area contributed by atoms with Crippen LogP contribution >= 0.6 is 0 Å². The van der Waals surface area contributed by atoms with Crippen molar-refractivity contribution in [1.82, 2.24) is 10.2 Å². The van der Waals surface area contributed by atoms with E-state index in [0.29, 0.717) is 25.6 Å². The van der Waals surface area contributed by atoms with Crippen molar-refractivity contribution >= 4 is 5.97 Å². The molecule has 106 valence electrons. The molecule has 1 atom stereocenters. The van der Waals surface area contributed by atoms with Crippen molar-refractivity contribution in [2.75, 3.05) is 39.4 Å². The number of hydrogen-bond donors (Lipinski definition) is 1. The molecule has 0 bridgehead atoms. The molecule has 1 heterocycles. The van der Waals surface area contributed by atoms with E-state index in [2.05, 4.69) is 24.1 Å². The lowest BCUT2D eigenvalue weighted by Gasteiger charge is -2.35. The molecular weight excluding hydrogens is 232 g/mol. The second-order valence-electron chi connectivity index (χ2n) is 4.84. The molecule has 0 aliphatic carbocycles. The number of hydrogen-bond acceptors (Lipinski definition) is 5. The van der Waals surface area contributed by atoms with E-state index >= 15 is 0 Å². The summed E-state index contributed by atoms with van der Waals surface area (Å²) in [4.78, 5) is 13.6.